The van der Waals surface area contributed by atoms with Crippen molar-refractivity contribution < 1.29 is 9.90 Å². The number of carbonyl (C=O) groups is 1. The van der Waals surface area contributed by atoms with Crippen molar-refractivity contribution in [2.75, 3.05) is 25.0 Å². The molecular weight excluding hydrogens is 355 g/mol. The van der Waals surface area contributed by atoms with Crippen LogP contribution in [0.15, 0.2) is 18.2 Å². The molecule has 0 aliphatic carbocycles. The first-order chi connectivity index (χ1) is 9.04. The van der Waals surface area contributed by atoms with E-state index in [-0.39, 0.29) is 12.0 Å². The summed E-state index contributed by atoms with van der Waals surface area (Å²) in [5, 5.41) is 12.3. The Hall–Kier alpha value is -0.660. The van der Waals surface area contributed by atoms with E-state index < -0.39 is 0 Å². The second-order valence-electron chi connectivity index (χ2n) is 5.02. The molecule has 0 unspecified atom stereocenters. The first kappa shape index (κ1) is 14.7. The van der Waals surface area contributed by atoms with E-state index in [1.54, 1.807) is 0 Å². The third kappa shape index (κ3) is 4.43. The summed E-state index contributed by atoms with van der Waals surface area (Å²) in [6.07, 6.45) is 1.32. The van der Waals surface area contributed by atoms with Gasteiger partial charge in [0.15, 0.2) is 0 Å². The maximum Gasteiger partial charge on any atom is 0.238 e. The average Bonchev–Trinajstić information content (AvgIpc) is 2.37. The third-order valence-corrected chi connectivity index (χ3v) is 4.54. The lowest BCUT2D eigenvalue weighted by Gasteiger charge is -2.28. The number of aliphatic hydroxyl groups is 1. The van der Waals surface area contributed by atoms with E-state index >= 15 is 0 Å². The highest BCUT2D eigenvalue weighted by Crippen LogP contribution is 2.17. The molecule has 0 bridgehead atoms. The Morgan fingerprint density at radius 3 is 2.79 bits per heavy atom. The lowest BCUT2D eigenvalue weighted by atomic mass is 10.1. The summed E-state index contributed by atoms with van der Waals surface area (Å²) in [5.41, 5.74) is 2.06. The molecule has 1 amide bonds. The Labute approximate surface area is 127 Å². The number of rotatable bonds is 3. The van der Waals surface area contributed by atoms with E-state index in [2.05, 4.69) is 32.8 Å². The molecule has 1 aliphatic rings. The molecule has 4 nitrogen and oxygen atoms in total. The first-order valence-corrected chi connectivity index (χ1v) is 7.59. The summed E-state index contributed by atoms with van der Waals surface area (Å²) in [6, 6.07) is 5.91. The van der Waals surface area contributed by atoms with Crippen LogP contribution in [0.1, 0.15) is 18.4 Å². The fourth-order valence-electron chi connectivity index (χ4n) is 2.15. The van der Waals surface area contributed by atoms with Crippen molar-refractivity contribution >= 4 is 34.2 Å². The molecule has 2 rings (SSSR count). The largest absolute Gasteiger partial charge is 0.393 e. The predicted octanol–water partition coefficient (Wildman–Crippen LogP) is 1.99. The van der Waals surface area contributed by atoms with Crippen molar-refractivity contribution in [2.24, 2.45) is 0 Å². The number of benzene rings is 1. The van der Waals surface area contributed by atoms with Gasteiger partial charge < -0.3 is 10.4 Å². The molecule has 0 aromatic heterocycles. The van der Waals surface area contributed by atoms with Crippen LogP contribution < -0.4 is 5.32 Å². The zero-order valence-electron chi connectivity index (χ0n) is 11.0. The predicted molar refractivity (Wildman–Crippen MR) is 84.2 cm³/mol. The van der Waals surface area contributed by atoms with Gasteiger partial charge >= 0.3 is 0 Å². The normalized spacial score (nSPS) is 17.4. The highest BCUT2D eigenvalue weighted by Gasteiger charge is 2.18. The number of nitrogens with one attached hydrogen (secondary N) is 1. The quantitative estimate of drug-likeness (QED) is 0.796. The van der Waals surface area contributed by atoms with Crippen molar-refractivity contribution in [3.63, 3.8) is 0 Å². The lowest BCUT2D eigenvalue weighted by molar-refractivity contribution is -0.117. The number of aryl methyl sites for hydroxylation is 1. The van der Waals surface area contributed by atoms with Crippen LogP contribution in [-0.2, 0) is 4.79 Å². The van der Waals surface area contributed by atoms with Crippen molar-refractivity contribution in [3.8, 4) is 0 Å². The van der Waals surface area contributed by atoms with E-state index in [1.165, 1.54) is 5.56 Å². The topological polar surface area (TPSA) is 52.6 Å². The van der Waals surface area contributed by atoms with Gasteiger partial charge in [0.05, 0.1) is 12.6 Å². The van der Waals surface area contributed by atoms with E-state index in [4.69, 9.17) is 0 Å². The molecule has 104 valence electrons. The molecule has 0 atom stereocenters. The fraction of sp³-hybridized carbons (Fsp3) is 0.500. The smallest absolute Gasteiger partial charge is 0.238 e. The minimum Gasteiger partial charge on any atom is -0.393 e. The van der Waals surface area contributed by atoms with Crippen LogP contribution in [0.4, 0.5) is 5.69 Å². The molecule has 0 spiro atoms. The highest BCUT2D eigenvalue weighted by atomic mass is 127. The van der Waals surface area contributed by atoms with Crippen LogP contribution >= 0.6 is 22.6 Å². The van der Waals surface area contributed by atoms with Gasteiger partial charge in [-0.2, -0.15) is 0 Å². The number of nitrogens with zero attached hydrogens (tertiary/aromatic N) is 1. The molecule has 1 heterocycles. The zero-order chi connectivity index (χ0) is 13.8. The van der Waals surface area contributed by atoms with Gasteiger partial charge in [-0.05, 0) is 60.1 Å². The number of hydrogen-bond donors (Lipinski definition) is 2. The van der Waals surface area contributed by atoms with Crippen LogP contribution in [0.25, 0.3) is 0 Å². The summed E-state index contributed by atoms with van der Waals surface area (Å²) in [5.74, 6) is 0.0102. The Morgan fingerprint density at radius 2 is 2.16 bits per heavy atom. The van der Waals surface area contributed by atoms with Crippen LogP contribution in [0.3, 0.4) is 0 Å². The monoisotopic (exact) mass is 374 g/mol. The minimum atomic E-state index is -0.196. The molecule has 1 aromatic carbocycles. The molecule has 1 fully saturated rings. The van der Waals surface area contributed by atoms with Crippen LogP contribution in [-0.4, -0.2) is 41.7 Å². The number of halogens is 1. The summed E-state index contributed by atoms with van der Waals surface area (Å²) in [6.45, 7) is 4.03. The van der Waals surface area contributed by atoms with Crippen molar-refractivity contribution in [1.29, 1.82) is 0 Å². The van der Waals surface area contributed by atoms with Crippen molar-refractivity contribution in [1.82, 2.24) is 4.90 Å². The molecule has 2 N–H and O–H groups in total. The number of carbonyl (C=O) groups excluding carboxylic acids is 1. The summed E-state index contributed by atoms with van der Waals surface area (Å²) in [4.78, 5) is 14.0. The van der Waals surface area contributed by atoms with Gasteiger partial charge in [0, 0.05) is 22.3 Å². The minimum absolute atomic E-state index is 0.0102. The number of hydrogen-bond acceptors (Lipinski definition) is 3. The van der Waals surface area contributed by atoms with Crippen molar-refractivity contribution in [3.05, 3.63) is 27.3 Å². The fourth-order valence-corrected chi connectivity index (χ4v) is 2.67. The molecule has 19 heavy (non-hydrogen) atoms. The van der Waals surface area contributed by atoms with Crippen LogP contribution in [0, 0.1) is 10.5 Å². The van der Waals surface area contributed by atoms with E-state index in [0.717, 1.165) is 35.2 Å². The Morgan fingerprint density at radius 1 is 1.47 bits per heavy atom. The summed E-state index contributed by atoms with van der Waals surface area (Å²) in [7, 11) is 0. The van der Waals surface area contributed by atoms with Gasteiger partial charge in [-0.1, -0.05) is 6.07 Å². The number of anilines is 1. The van der Waals surface area contributed by atoms with Gasteiger partial charge in [-0.3, -0.25) is 9.69 Å². The standard InChI is InChI=1S/C14H19IN2O2/c1-10-2-3-11(8-13(10)15)16-14(19)9-17-6-4-12(18)5-7-17/h2-3,8,12,18H,4-7,9H2,1H3,(H,16,19). The molecule has 5 heteroatoms. The molecule has 1 aromatic rings. The maximum atomic E-state index is 11.9. The molecular formula is C14H19IN2O2. The lowest BCUT2D eigenvalue weighted by Crippen LogP contribution is -2.40. The van der Waals surface area contributed by atoms with Gasteiger partial charge in [-0.15, -0.1) is 0 Å². The van der Waals surface area contributed by atoms with Gasteiger partial charge in [0.1, 0.15) is 0 Å². The molecule has 0 radical (unpaired) electrons. The van der Waals surface area contributed by atoms with E-state index in [9.17, 15) is 9.90 Å². The van der Waals surface area contributed by atoms with Crippen molar-refractivity contribution in [2.45, 2.75) is 25.9 Å². The van der Waals surface area contributed by atoms with Crippen LogP contribution in [0.2, 0.25) is 0 Å². The maximum absolute atomic E-state index is 11.9. The average molecular weight is 374 g/mol. The number of likely N-dealkylation sites (tertiary alicyclic amines) is 1. The Balaban J connectivity index is 1.85. The Kier molecular flexibility index (Phi) is 5.18. The van der Waals surface area contributed by atoms with Crippen LogP contribution in [0.5, 0.6) is 0 Å². The SMILES string of the molecule is Cc1ccc(NC(=O)CN2CCC(O)CC2)cc1I. The van der Waals surface area contributed by atoms with E-state index in [1.807, 2.05) is 25.1 Å². The highest BCUT2D eigenvalue weighted by molar-refractivity contribution is 14.1. The number of piperidine rings is 1. The second-order valence-corrected chi connectivity index (χ2v) is 6.18. The summed E-state index contributed by atoms with van der Waals surface area (Å²) < 4.78 is 1.15. The van der Waals surface area contributed by atoms with Gasteiger partial charge in [-0.25, -0.2) is 0 Å². The number of amides is 1. The van der Waals surface area contributed by atoms with Gasteiger partial charge in [0.2, 0.25) is 5.91 Å². The van der Waals surface area contributed by atoms with Gasteiger partial charge in [0.25, 0.3) is 0 Å². The third-order valence-electron chi connectivity index (χ3n) is 3.38. The Bertz CT molecular complexity index is 457. The second kappa shape index (κ2) is 6.67. The first-order valence-electron chi connectivity index (χ1n) is 6.51. The molecule has 0 saturated carbocycles. The molecule has 1 aliphatic heterocycles. The summed E-state index contributed by atoms with van der Waals surface area (Å²) >= 11 is 2.26. The molecule has 1 saturated heterocycles. The zero-order valence-corrected chi connectivity index (χ0v) is 13.2. The number of aliphatic hydroxyl groups excluding tert-OH is 1. The van der Waals surface area contributed by atoms with E-state index in [0.29, 0.717) is 6.54 Å².